The summed E-state index contributed by atoms with van der Waals surface area (Å²) in [7, 11) is 0. The number of carbonyl (C=O) groups is 1. The van der Waals surface area contributed by atoms with E-state index >= 15 is 0 Å². The number of hydrogen-bond acceptors (Lipinski definition) is 4. The van der Waals surface area contributed by atoms with E-state index in [9.17, 15) is 4.79 Å². The van der Waals surface area contributed by atoms with Crippen LogP contribution in [0.25, 0.3) is 22.0 Å². The normalized spacial score (nSPS) is 19.2. The number of urea groups is 1. The van der Waals surface area contributed by atoms with E-state index in [-0.39, 0.29) is 12.1 Å². The van der Waals surface area contributed by atoms with Crippen molar-refractivity contribution in [2.75, 3.05) is 18.0 Å². The molecular weight excluding hydrogens is 546 g/mol. The Labute approximate surface area is 260 Å². The summed E-state index contributed by atoms with van der Waals surface area (Å²) in [6, 6.07) is 25.6. The quantitative estimate of drug-likeness (QED) is 0.230. The van der Waals surface area contributed by atoms with Gasteiger partial charge in [-0.15, -0.1) is 0 Å². The van der Waals surface area contributed by atoms with Crippen molar-refractivity contribution in [3.8, 4) is 16.9 Å². The molecule has 7 nitrogen and oxygen atoms in total. The maximum Gasteiger partial charge on any atom is 0.350 e. The third-order valence-corrected chi connectivity index (χ3v) is 9.58. The largest absolute Gasteiger partial charge is 0.491 e. The number of nitrogens with zero attached hydrogens (tertiary/aromatic N) is 3. The van der Waals surface area contributed by atoms with Gasteiger partial charge in [0.2, 0.25) is 0 Å². The standard InChI is InChI=1S/C37H43N5O2/c1-26(2)44-31-12-8-9-27(23-31)25-41-21-18-37(19-22-41)35(39-30-10-4-3-5-11-30)40-36(43)42(37)34-14-7-6-13-32(34)28-15-16-33-29(24-28)17-20-38-33/h6-9,12-17,20,23-24,26,30,38H,3-5,10-11,18-19,21-22,25H2,1-2H3,(H,39,40,43). The molecule has 1 aromatic heterocycles. The van der Waals surface area contributed by atoms with Gasteiger partial charge in [-0.25, -0.2) is 4.79 Å². The third kappa shape index (κ3) is 5.61. The molecule has 0 bridgehead atoms. The second-order valence-corrected chi connectivity index (χ2v) is 13.0. The summed E-state index contributed by atoms with van der Waals surface area (Å²) in [5, 5.41) is 4.99. The van der Waals surface area contributed by atoms with Crippen LogP contribution in [0.1, 0.15) is 64.4 Å². The van der Waals surface area contributed by atoms with Crippen molar-refractivity contribution in [1.29, 1.82) is 0 Å². The van der Waals surface area contributed by atoms with E-state index in [0.29, 0.717) is 6.04 Å². The van der Waals surface area contributed by atoms with Crippen LogP contribution < -0.4 is 15.0 Å². The number of benzene rings is 3. The minimum Gasteiger partial charge on any atom is -0.491 e. The van der Waals surface area contributed by atoms with E-state index in [1.807, 2.05) is 23.2 Å². The Morgan fingerprint density at radius 2 is 1.80 bits per heavy atom. The van der Waals surface area contributed by atoms with Crippen molar-refractivity contribution in [3.63, 3.8) is 0 Å². The van der Waals surface area contributed by atoms with Gasteiger partial charge in [0.15, 0.2) is 0 Å². The van der Waals surface area contributed by atoms with E-state index in [1.165, 1.54) is 24.8 Å². The number of likely N-dealkylation sites (tertiary alicyclic amines) is 1. The van der Waals surface area contributed by atoms with Crippen molar-refractivity contribution >= 4 is 28.5 Å². The first-order valence-electron chi connectivity index (χ1n) is 16.3. The van der Waals surface area contributed by atoms with E-state index in [2.05, 4.69) is 89.7 Å². The molecule has 1 saturated carbocycles. The molecule has 7 rings (SSSR count). The summed E-state index contributed by atoms with van der Waals surface area (Å²) >= 11 is 0. The predicted molar refractivity (Wildman–Crippen MR) is 179 cm³/mol. The van der Waals surface area contributed by atoms with Crippen molar-refractivity contribution in [3.05, 3.63) is 84.6 Å². The Bertz CT molecular complexity index is 1660. The summed E-state index contributed by atoms with van der Waals surface area (Å²) in [5.41, 5.74) is 4.95. The maximum atomic E-state index is 14.0. The summed E-state index contributed by atoms with van der Waals surface area (Å²) in [6.45, 7) is 6.73. The number of para-hydroxylation sites is 1. The summed E-state index contributed by atoms with van der Waals surface area (Å²) in [5.74, 6) is 1.79. The lowest BCUT2D eigenvalue weighted by molar-refractivity contribution is 0.181. The molecule has 7 heteroatoms. The Morgan fingerprint density at radius 3 is 2.61 bits per heavy atom. The zero-order chi connectivity index (χ0) is 30.1. The number of piperidine rings is 1. The van der Waals surface area contributed by atoms with Gasteiger partial charge in [0.25, 0.3) is 0 Å². The zero-order valence-electron chi connectivity index (χ0n) is 25.9. The number of carbonyl (C=O) groups excluding carboxylic acids is 1. The number of amides is 2. The number of aliphatic imine (C=N–C) groups is 1. The van der Waals surface area contributed by atoms with E-state index < -0.39 is 5.54 Å². The van der Waals surface area contributed by atoms with Crippen molar-refractivity contribution < 1.29 is 9.53 Å². The number of ether oxygens (including phenoxy) is 1. The van der Waals surface area contributed by atoms with Gasteiger partial charge in [0, 0.05) is 43.0 Å². The van der Waals surface area contributed by atoms with Crippen LogP contribution in [-0.2, 0) is 6.54 Å². The number of aromatic nitrogens is 1. The van der Waals surface area contributed by atoms with Gasteiger partial charge in [0.1, 0.15) is 17.1 Å². The molecule has 1 spiro atoms. The van der Waals surface area contributed by atoms with Crippen LogP contribution in [0.2, 0.25) is 0 Å². The number of anilines is 1. The molecule has 228 valence electrons. The number of fused-ring (bicyclic) bond motifs is 1. The lowest BCUT2D eigenvalue weighted by Crippen LogP contribution is -2.62. The van der Waals surface area contributed by atoms with Gasteiger partial charge in [-0.1, -0.05) is 55.7 Å². The highest BCUT2D eigenvalue weighted by atomic mass is 16.5. The molecule has 4 aromatic rings. The Morgan fingerprint density at radius 1 is 0.977 bits per heavy atom. The molecule has 0 unspecified atom stereocenters. The topological polar surface area (TPSA) is 73.0 Å². The van der Waals surface area contributed by atoms with Gasteiger partial charge in [-0.3, -0.25) is 9.80 Å². The molecule has 2 N–H and O–H groups in total. The molecule has 0 radical (unpaired) electrons. The van der Waals surface area contributed by atoms with Gasteiger partial charge in [-0.05, 0) is 92.4 Å². The molecule has 2 aliphatic heterocycles. The van der Waals surface area contributed by atoms with Crippen molar-refractivity contribution in [2.45, 2.75) is 83.0 Å². The average Bonchev–Trinajstić information content (AvgIpc) is 3.60. The van der Waals surface area contributed by atoms with E-state index in [1.54, 1.807) is 0 Å². The zero-order valence-corrected chi connectivity index (χ0v) is 25.9. The van der Waals surface area contributed by atoms with Gasteiger partial charge in [-0.2, -0.15) is 4.99 Å². The van der Waals surface area contributed by atoms with E-state index in [0.717, 1.165) is 84.6 Å². The first-order valence-corrected chi connectivity index (χ1v) is 16.3. The minimum atomic E-state index is -0.498. The highest BCUT2D eigenvalue weighted by Gasteiger charge is 2.52. The van der Waals surface area contributed by atoms with Crippen LogP contribution in [0.15, 0.2) is 84.0 Å². The fourth-order valence-corrected chi connectivity index (χ4v) is 7.40. The summed E-state index contributed by atoms with van der Waals surface area (Å²) in [6.07, 6.45) is 9.79. The Hall–Kier alpha value is -4.10. The highest BCUT2D eigenvalue weighted by Crippen LogP contribution is 2.43. The smallest absolute Gasteiger partial charge is 0.350 e. The molecule has 3 aromatic carbocycles. The van der Waals surface area contributed by atoms with Gasteiger partial charge >= 0.3 is 6.03 Å². The molecule has 2 fully saturated rings. The van der Waals surface area contributed by atoms with Crippen LogP contribution in [0.3, 0.4) is 0 Å². The summed E-state index contributed by atoms with van der Waals surface area (Å²) < 4.78 is 5.96. The predicted octanol–water partition coefficient (Wildman–Crippen LogP) is 7.92. The molecule has 3 aliphatic rings. The minimum absolute atomic E-state index is 0.146. The number of rotatable bonds is 7. The SMILES string of the molecule is CC(C)Oc1cccc(CN2CCC3(CC2)C(NC2CCCCC2)=NC(=O)N3c2ccccc2-c2ccc3[nH]ccc3c2)c1. The fourth-order valence-electron chi connectivity index (χ4n) is 7.40. The van der Waals surface area contributed by atoms with Crippen molar-refractivity contribution in [2.24, 2.45) is 4.99 Å². The summed E-state index contributed by atoms with van der Waals surface area (Å²) in [4.78, 5) is 26.6. The monoisotopic (exact) mass is 589 g/mol. The lowest BCUT2D eigenvalue weighted by atomic mass is 9.83. The lowest BCUT2D eigenvalue weighted by Gasteiger charge is -2.46. The second-order valence-electron chi connectivity index (χ2n) is 13.0. The maximum absolute atomic E-state index is 14.0. The van der Waals surface area contributed by atoms with E-state index in [4.69, 9.17) is 9.73 Å². The van der Waals surface area contributed by atoms with Gasteiger partial charge in [0.05, 0.1) is 11.8 Å². The van der Waals surface area contributed by atoms with Crippen molar-refractivity contribution in [1.82, 2.24) is 15.2 Å². The molecule has 1 aliphatic carbocycles. The Kier molecular flexibility index (Phi) is 7.89. The molecule has 3 heterocycles. The molecule has 1 saturated heterocycles. The average molecular weight is 590 g/mol. The molecule has 2 amide bonds. The number of nitrogens with one attached hydrogen (secondary N) is 2. The van der Waals surface area contributed by atoms with Crippen LogP contribution in [0.5, 0.6) is 5.75 Å². The number of hydrogen-bond donors (Lipinski definition) is 2. The molecular formula is C37H43N5O2. The number of H-pyrrole nitrogens is 1. The second kappa shape index (κ2) is 12.1. The first-order chi connectivity index (χ1) is 21.5. The van der Waals surface area contributed by atoms with Crippen LogP contribution in [0, 0.1) is 0 Å². The molecule has 44 heavy (non-hydrogen) atoms. The number of aromatic amines is 1. The van der Waals surface area contributed by atoms with Crippen LogP contribution in [0.4, 0.5) is 10.5 Å². The van der Waals surface area contributed by atoms with Gasteiger partial charge < -0.3 is 15.0 Å². The van der Waals surface area contributed by atoms with Crippen LogP contribution >= 0.6 is 0 Å². The molecule has 0 atom stereocenters. The fraction of sp³-hybridized carbons (Fsp3) is 0.405. The first kappa shape index (κ1) is 28.7. The Balaban J connectivity index is 1.20. The van der Waals surface area contributed by atoms with Crippen LogP contribution in [-0.4, -0.2) is 52.5 Å². The third-order valence-electron chi connectivity index (χ3n) is 9.58. The highest BCUT2D eigenvalue weighted by molar-refractivity contribution is 6.17. The number of amidine groups is 1.